The summed E-state index contributed by atoms with van der Waals surface area (Å²) in [6.45, 7) is 0.985. The van der Waals surface area contributed by atoms with Crippen LogP contribution in [0.3, 0.4) is 0 Å². The molecule has 1 amide bonds. The number of nitrogen functional groups attached to an aromatic ring is 1. The van der Waals surface area contributed by atoms with E-state index in [0.717, 1.165) is 75.1 Å². The second-order valence-electron chi connectivity index (χ2n) is 8.24. The predicted molar refractivity (Wildman–Crippen MR) is 122 cm³/mol. The number of nitrogens with zero attached hydrogens (tertiary/aromatic N) is 1. The number of carbonyl (C=O) groups is 2. The van der Waals surface area contributed by atoms with Gasteiger partial charge in [0.25, 0.3) is 5.91 Å². The number of nitrogens with two attached hydrogens (primary N) is 1. The van der Waals surface area contributed by atoms with Gasteiger partial charge in [-0.2, -0.15) is 0 Å². The summed E-state index contributed by atoms with van der Waals surface area (Å²) < 4.78 is 13.1. The van der Waals surface area contributed by atoms with Crippen LogP contribution in [0.25, 0.3) is 0 Å². The van der Waals surface area contributed by atoms with Crippen molar-refractivity contribution in [3.63, 3.8) is 0 Å². The Labute approximate surface area is 187 Å². The number of carboxylic acids is 1. The van der Waals surface area contributed by atoms with E-state index in [1.165, 1.54) is 11.6 Å². The number of nitrogens with one attached hydrogen (secondary N) is 2. The summed E-state index contributed by atoms with van der Waals surface area (Å²) in [6.07, 6.45) is 8.16. The van der Waals surface area contributed by atoms with Gasteiger partial charge in [0.05, 0.1) is 5.56 Å². The van der Waals surface area contributed by atoms with Crippen molar-refractivity contribution in [1.82, 2.24) is 10.3 Å². The molecule has 0 radical (unpaired) electrons. The number of halogens is 1. The van der Waals surface area contributed by atoms with Gasteiger partial charge in [-0.05, 0) is 61.9 Å². The lowest BCUT2D eigenvalue weighted by Crippen LogP contribution is -2.41. The van der Waals surface area contributed by atoms with E-state index in [1.807, 2.05) is 0 Å². The third kappa shape index (κ3) is 6.67. The van der Waals surface area contributed by atoms with E-state index >= 15 is 0 Å². The molecule has 0 spiro atoms. The molecule has 1 aromatic carbocycles. The molecule has 1 aliphatic heterocycles. The van der Waals surface area contributed by atoms with Crippen LogP contribution in [0.1, 0.15) is 66.6 Å². The summed E-state index contributed by atoms with van der Waals surface area (Å²) in [5.41, 5.74) is 8.11. The third-order valence-corrected chi connectivity index (χ3v) is 5.74. The van der Waals surface area contributed by atoms with Crippen molar-refractivity contribution in [2.45, 2.75) is 63.8 Å². The van der Waals surface area contributed by atoms with Gasteiger partial charge in [0, 0.05) is 17.9 Å². The highest BCUT2D eigenvalue weighted by Gasteiger charge is 2.21. The Morgan fingerprint density at radius 1 is 1.16 bits per heavy atom. The number of aryl methyl sites for hydroxylation is 2. The van der Waals surface area contributed by atoms with Crippen molar-refractivity contribution in [3.8, 4) is 0 Å². The van der Waals surface area contributed by atoms with Gasteiger partial charge >= 0.3 is 5.97 Å². The van der Waals surface area contributed by atoms with E-state index in [1.54, 1.807) is 0 Å². The first-order valence-electron chi connectivity index (χ1n) is 11.3. The monoisotopic (exact) mass is 442 g/mol. The van der Waals surface area contributed by atoms with Crippen molar-refractivity contribution in [2.24, 2.45) is 0 Å². The molecule has 1 aliphatic rings. The fraction of sp³-hybridized carbons (Fsp3) is 0.458. The molecule has 3 rings (SSSR count). The predicted octanol–water partition coefficient (Wildman–Crippen LogP) is 3.93. The van der Waals surface area contributed by atoms with Crippen LogP contribution in [0.4, 0.5) is 15.9 Å². The fourth-order valence-corrected chi connectivity index (χ4v) is 3.93. The minimum Gasteiger partial charge on any atom is -0.480 e. The quantitative estimate of drug-likeness (QED) is 0.309. The summed E-state index contributed by atoms with van der Waals surface area (Å²) in [7, 11) is 0. The first-order valence-corrected chi connectivity index (χ1v) is 11.3. The standard InChI is InChI=1S/C24H31FN4O3/c25-17-11-13-19(20(26)15-17)23(30)29-21(24(31)32)9-5-3-1-2-4-8-18-12-10-16-7-6-14-27-22(16)28-18/h10-13,15,21H,1-9,14,26H2,(H,27,28)(H,29,30)(H,31,32)/t21-/m0/s1. The smallest absolute Gasteiger partial charge is 0.326 e. The average molecular weight is 443 g/mol. The molecule has 0 aliphatic carbocycles. The Bertz CT molecular complexity index is 951. The minimum absolute atomic E-state index is 0.0177. The number of benzene rings is 1. The number of amides is 1. The summed E-state index contributed by atoms with van der Waals surface area (Å²) >= 11 is 0. The van der Waals surface area contributed by atoms with Crippen LogP contribution in [0.5, 0.6) is 0 Å². The third-order valence-electron chi connectivity index (χ3n) is 5.74. The molecule has 7 nitrogen and oxygen atoms in total. The minimum atomic E-state index is -1.09. The molecule has 5 N–H and O–H groups in total. The van der Waals surface area contributed by atoms with Gasteiger partial charge in [0.15, 0.2) is 0 Å². The van der Waals surface area contributed by atoms with Crippen LogP contribution in [0.2, 0.25) is 0 Å². The molecule has 2 aromatic rings. The van der Waals surface area contributed by atoms with E-state index in [4.69, 9.17) is 10.7 Å². The lowest BCUT2D eigenvalue weighted by molar-refractivity contribution is -0.139. The van der Waals surface area contributed by atoms with Crippen molar-refractivity contribution in [2.75, 3.05) is 17.6 Å². The van der Waals surface area contributed by atoms with Crippen LogP contribution in [-0.2, 0) is 17.6 Å². The Morgan fingerprint density at radius 3 is 2.72 bits per heavy atom. The molecule has 2 heterocycles. The number of carboxylic acid groups (broad SMARTS) is 1. The first kappa shape index (κ1) is 23.5. The molecular formula is C24H31FN4O3. The van der Waals surface area contributed by atoms with Gasteiger partial charge in [-0.25, -0.2) is 14.2 Å². The molecule has 1 atom stereocenters. The number of anilines is 2. The zero-order valence-corrected chi connectivity index (χ0v) is 18.2. The largest absolute Gasteiger partial charge is 0.480 e. The van der Waals surface area contributed by atoms with Gasteiger partial charge in [-0.1, -0.05) is 31.7 Å². The summed E-state index contributed by atoms with van der Waals surface area (Å²) in [4.78, 5) is 28.5. The normalized spacial score (nSPS) is 13.7. The average Bonchev–Trinajstić information content (AvgIpc) is 2.77. The number of rotatable bonds is 11. The number of carbonyl (C=O) groups excluding carboxylic acids is 1. The van der Waals surface area contributed by atoms with Gasteiger partial charge in [-0.15, -0.1) is 0 Å². The molecule has 0 fully saturated rings. The lowest BCUT2D eigenvalue weighted by Gasteiger charge is -2.17. The van der Waals surface area contributed by atoms with Crippen molar-refractivity contribution >= 4 is 23.4 Å². The van der Waals surface area contributed by atoms with Crippen molar-refractivity contribution < 1.29 is 19.1 Å². The summed E-state index contributed by atoms with van der Waals surface area (Å²) in [5.74, 6) is -1.22. The zero-order valence-electron chi connectivity index (χ0n) is 18.2. The van der Waals surface area contributed by atoms with Crippen molar-refractivity contribution in [3.05, 3.63) is 53.0 Å². The first-order chi connectivity index (χ1) is 15.4. The number of fused-ring (bicyclic) bond motifs is 1. The Hall–Kier alpha value is -3.16. The Kier molecular flexibility index (Phi) is 8.41. The molecule has 32 heavy (non-hydrogen) atoms. The highest BCUT2D eigenvalue weighted by molar-refractivity contribution is 6.00. The number of aromatic nitrogens is 1. The number of pyridine rings is 1. The molecule has 172 valence electrons. The van der Waals surface area contributed by atoms with Crippen LogP contribution < -0.4 is 16.4 Å². The highest BCUT2D eigenvalue weighted by atomic mass is 19.1. The second kappa shape index (κ2) is 11.5. The van der Waals surface area contributed by atoms with E-state index in [0.29, 0.717) is 12.8 Å². The molecular weight excluding hydrogens is 411 g/mol. The van der Waals surface area contributed by atoms with Gasteiger partial charge in [-0.3, -0.25) is 4.79 Å². The maximum Gasteiger partial charge on any atom is 0.326 e. The molecule has 8 heteroatoms. The molecule has 0 saturated heterocycles. The van der Waals surface area contributed by atoms with Gasteiger partial charge in [0.1, 0.15) is 17.7 Å². The number of unbranched alkanes of at least 4 members (excludes halogenated alkanes) is 4. The maximum absolute atomic E-state index is 13.1. The highest BCUT2D eigenvalue weighted by Crippen LogP contribution is 2.21. The van der Waals surface area contributed by atoms with Crippen molar-refractivity contribution in [1.29, 1.82) is 0 Å². The molecule has 0 unspecified atom stereocenters. The van der Waals surface area contributed by atoms with Gasteiger partial charge in [0.2, 0.25) is 0 Å². The maximum atomic E-state index is 13.1. The van der Waals surface area contributed by atoms with E-state index < -0.39 is 23.7 Å². The van der Waals surface area contributed by atoms with E-state index in [9.17, 15) is 19.1 Å². The Balaban J connectivity index is 1.35. The Morgan fingerprint density at radius 2 is 1.94 bits per heavy atom. The van der Waals surface area contributed by atoms with E-state index in [2.05, 4.69) is 22.8 Å². The number of hydrogen-bond donors (Lipinski definition) is 4. The molecule has 0 saturated carbocycles. The summed E-state index contributed by atoms with van der Waals surface area (Å²) in [5, 5.41) is 15.3. The SMILES string of the molecule is Nc1cc(F)ccc1C(=O)N[C@@H](CCCCCCCc1ccc2c(n1)NCCC2)C(=O)O. The fourth-order valence-electron chi connectivity index (χ4n) is 3.93. The van der Waals surface area contributed by atoms with E-state index in [-0.39, 0.29) is 11.3 Å². The van der Waals surface area contributed by atoms with Gasteiger partial charge < -0.3 is 21.5 Å². The topological polar surface area (TPSA) is 117 Å². The number of hydrogen-bond acceptors (Lipinski definition) is 5. The van der Waals surface area contributed by atoms with Crippen LogP contribution >= 0.6 is 0 Å². The molecule has 0 bridgehead atoms. The lowest BCUT2D eigenvalue weighted by atomic mass is 10.0. The zero-order chi connectivity index (χ0) is 22.9. The second-order valence-corrected chi connectivity index (χ2v) is 8.24. The summed E-state index contributed by atoms with van der Waals surface area (Å²) in [6, 6.07) is 6.70. The van der Waals surface area contributed by atoms with Crippen LogP contribution in [0, 0.1) is 5.82 Å². The van der Waals surface area contributed by atoms with Crippen LogP contribution in [-0.4, -0.2) is 34.6 Å². The number of aliphatic carboxylic acids is 1. The molecule has 1 aromatic heterocycles. The van der Waals surface area contributed by atoms with Crippen LogP contribution in [0.15, 0.2) is 30.3 Å².